The van der Waals surface area contributed by atoms with Crippen LogP contribution in [0.4, 0.5) is 0 Å². The van der Waals surface area contributed by atoms with Gasteiger partial charge < -0.3 is 0 Å². The molecule has 0 aliphatic heterocycles. The Morgan fingerprint density at radius 1 is 0.703 bits per heavy atom. The van der Waals surface area contributed by atoms with Crippen LogP contribution in [-0.2, 0) is 6.42 Å². The third kappa shape index (κ3) is 5.02. The number of rotatable bonds is 2. The van der Waals surface area contributed by atoms with Crippen molar-refractivity contribution in [3.63, 3.8) is 0 Å². The van der Waals surface area contributed by atoms with Gasteiger partial charge in [-0.15, -0.1) is 0 Å². The van der Waals surface area contributed by atoms with Crippen LogP contribution in [0.1, 0.15) is 50.3 Å². The normalized spacial score (nSPS) is 15.9. The first kappa shape index (κ1) is 26.5. The zero-order valence-corrected chi connectivity index (χ0v) is 23.1. The molecule has 0 N–H and O–H groups in total. The molecule has 0 nitrogen and oxygen atoms in total. The maximum atomic E-state index is 2.36. The Kier molecular flexibility index (Phi) is 8.69. The van der Waals surface area contributed by atoms with Gasteiger partial charge in [-0.25, -0.2) is 0 Å². The van der Waals surface area contributed by atoms with E-state index < -0.39 is 0 Å². The summed E-state index contributed by atoms with van der Waals surface area (Å²) in [6.07, 6.45) is 16.7. The summed E-state index contributed by atoms with van der Waals surface area (Å²) >= 11 is 0. The molecule has 0 radical (unpaired) electrons. The van der Waals surface area contributed by atoms with Gasteiger partial charge in [0.1, 0.15) is 0 Å². The van der Waals surface area contributed by atoms with Crippen LogP contribution < -0.4 is 10.4 Å². The van der Waals surface area contributed by atoms with E-state index in [1.807, 2.05) is 13.8 Å². The highest BCUT2D eigenvalue weighted by molar-refractivity contribution is 7.59. The van der Waals surface area contributed by atoms with Crippen molar-refractivity contribution in [3.8, 4) is 11.1 Å². The van der Waals surface area contributed by atoms with Crippen molar-refractivity contribution in [1.82, 2.24) is 0 Å². The van der Waals surface area contributed by atoms with E-state index in [1.54, 1.807) is 0 Å². The molecule has 1 heteroatoms. The van der Waals surface area contributed by atoms with E-state index in [0.29, 0.717) is 0 Å². The number of allylic oxidation sites excluding steroid dienone is 5. The predicted molar refractivity (Wildman–Crippen MR) is 169 cm³/mol. The van der Waals surface area contributed by atoms with E-state index >= 15 is 0 Å². The van der Waals surface area contributed by atoms with Crippen molar-refractivity contribution in [2.45, 2.75) is 40.0 Å². The Bertz CT molecular complexity index is 1620. The van der Waals surface area contributed by atoms with Crippen molar-refractivity contribution in [2.24, 2.45) is 0 Å². The van der Waals surface area contributed by atoms with Crippen LogP contribution in [0.25, 0.3) is 39.1 Å². The minimum atomic E-state index is 0. The minimum absolute atomic E-state index is 0. The van der Waals surface area contributed by atoms with Crippen molar-refractivity contribution in [1.29, 1.82) is 0 Å². The Balaban J connectivity index is 0.00000104. The van der Waals surface area contributed by atoms with Gasteiger partial charge in [-0.05, 0) is 86.4 Å². The summed E-state index contributed by atoms with van der Waals surface area (Å²) < 4.78 is 0. The van der Waals surface area contributed by atoms with E-state index in [0.717, 1.165) is 19.3 Å². The smallest absolute Gasteiger partial charge is 0.00297 e. The summed E-state index contributed by atoms with van der Waals surface area (Å²) in [5.41, 5.74) is 9.69. The lowest BCUT2D eigenvalue weighted by Gasteiger charge is -2.24. The lowest BCUT2D eigenvalue weighted by atomic mass is 9.80. The van der Waals surface area contributed by atoms with Gasteiger partial charge in [-0.1, -0.05) is 129 Å². The molecule has 0 amide bonds. The second-order valence-corrected chi connectivity index (χ2v) is 9.18. The number of hydrogen-bond acceptors (Lipinski definition) is 0. The molecule has 2 aliphatic rings. The molecule has 186 valence electrons. The fourth-order valence-electron chi connectivity index (χ4n) is 5.67. The Hall–Kier alpha value is -3.55. The van der Waals surface area contributed by atoms with E-state index in [-0.39, 0.29) is 13.5 Å². The monoisotopic (exact) mass is 500 g/mol. The van der Waals surface area contributed by atoms with E-state index in [4.69, 9.17) is 0 Å². The van der Waals surface area contributed by atoms with Crippen molar-refractivity contribution in [3.05, 3.63) is 136 Å². The standard InChI is InChI=1S/C34H28.C2H6.H2S/c1-24(27-18-8-9-19-28(27)25-14-4-2-5-15-25)33-29-20-10-12-22-31(29)34(26-16-6-3-7-17-26)32-23-13-11-21-30(32)33;1-2;/h2-10,12-14,16-20,22-23H,11,15,21H2,1H3;1-2H3;1H2/b27-24+,28-25-;;. The van der Waals surface area contributed by atoms with E-state index in [9.17, 15) is 0 Å². The molecule has 0 saturated carbocycles. The topological polar surface area (TPSA) is 0 Å². The molecule has 37 heavy (non-hydrogen) atoms. The lowest BCUT2D eigenvalue weighted by Crippen LogP contribution is -2.29. The SMILES string of the molecule is C/C(c1c2c(c(-c3ccccc3)c3ccccc13)C=CCC2)=c1/cccc/c1=C1\C=CC=CC1.CC.S. The van der Waals surface area contributed by atoms with Gasteiger partial charge in [0.15, 0.2) is 0 Å². The maximum Gasteiger partial charge on any atom is -0.00297 e. The Labute approximate surface area is 228 Å². The molecule has 0 bridgehead atoms. The summed E-state index contributed by atoms with van der Waals surface area (Å²) in [7, 11) is 0. The second kappa shape index (κ2) is 12.1. The average molecular weight is 501 g/mol. The molecule has 0 saturated heterocycles. The maximum absolute atomic E-state index is 2.36. The van der Waals surface area contributed by atoms with Crippen LogP contribution in [0.2, 0.25) is 0 Å². The summed E-state index contributed by atoms with van der Waals surface area (Å²) in [6, 6.07) is 28.8. The van der Waals surface area contributed by atoms with Crippen molar-refractivity contribution in [2.75, 3.05) is 0 Å². The zero-order valence-electron chi connectivity index (χ0n) is 22.1. The molecule has 2 aliphatic carbocycles. The molecule has 4 aromatic carbocycles. The number of hydrogen-bond donors (Lipinski definition) is 0. The van der Waals surface area contributed by atoms with Crippen LogP contribution in [0.15, 0.2) is 109 Å². The largest absolute Gasteiger partial charge is 0.197 e. The molecule has 0 unspecified atom stereocenters. The van der Waals surface area contributed by atoms with Gasteiger partial charge in [-0.2, -0.15) is 13.5 Å². The summed E-state index contributed by atoms with van der Waals surface area (Å²) in [5, 5.41) is 5.37. The van der Waals surface area contributed by atoms with Gasteiger partial charge in [0.05, 0.1) is 0 Å². The fourth-order valence-corrected chi connectivity index (χ4v) is 5.67. The first-order chi connectivity index (χ1) is 17.8. The highest BCUT2D eigenvalue weighted by Gasteiger charge is 2.21. The third-order valence-electron chi connectivity index (χ3n) is 7.20. The molecule has 0 heterocycles. The summed E-state index contributed by atoms with van der Waals surface area (Å²) in [5.74, 6) is 0. The number of fused-ring (bicyclic) bond motifs is 2. The molecule has 4 aromatic rings. The minimum Gasteiger partial charge on any atom is -0.197 e. The van der Waals surface area contributed by atoms with Gasteiger partial charge >= 0.3 is 0 Å². The van der Waals surface area contributed by atoms with Crippen LogP contribution in [0.5, 0.6) is 0 Å². The third-order valence-corrected chi connectivity index (χ3v) is 7.20. The lowest BCUT2D eigenvalue weighted by molar-refractivity contribution is 0.983. The molecule has 0 spiro atoms. The quantitative estimate of drug-likeness (QED) is 0.259. The average Bonchev–Trinajstić information content (AvgIpc) is 2.97. The van der Waals surface area contributed by atoms with Crippen LogP contribution in [0.3, 0.4) is 0 Å². The highest BCUT2D eigenvalue weighted by Crippen LogP contribution is 2.42. The molecular formula is C36H36S. The highest BCUT2D eigenvalue weighted by atomic mass is 32.1. The molecular weight excluding hydrogens is 464 g/mol. The molecule has 0 fully saturated rings. The summed E-state index contributed by atoms with van der Waals surface area (Å²) in [4.78, 5) is 0. The summed E-state index contributed by atoms with van der Waals surface area (Å²) in [6.45, 7) is 6.32. The van der Waals surface area contributed by atoms with Crippen molar-refractivity contribution < 1.29 is 0 Å². The van der Waals surface area contributed by atoms with E-state index in [1.165, 1.54) is 60.2 Å². The van der Waals surface area contributed by atoms with Gasteiger partial charge in [0.2, 0.25) is 0 Å². The second-order valence-electron chi connectivity index (χ2n) is 9.18. The first-order valence-electron chi connectivity index (χ1n) is 13.2. The fraction of sp³-hybridized carbons (Fsp3) is 0.167. The predicted octanol–water partition coefficient (Wildman–Crippen LogP) is 8.49. The van der Waals surface area contributed by atoms with Crippen LogP contribution in [-0.4, -0.2) is 0 Å². The van der Waals surface area contributed by atoms with Crippen LogP contribution in [0, 0.1) is 0 Å². The molecule has 0 atom stereocenters. The molecule has 6 rings (SSSR count). The molecule has 0 aromatic heterocycles. The first-order valence-corrected chi connectivity index (χ1v) is 13.2. The van der Waals surface area contributed by atoms with Gasteiger partial charge in [0, 0.05) is 0 Å². The van der Waals surface area contributed by atoms with Gasteiger partial charge in [-0.3, -0.25) is 0 Å². The number of benzene rings is 4. The van der Waals surface area contributed by atoms with Crippen molar-refractivity contribution >= 4 is 41.5 Å². The zero-order chi connectivity index (χ0) is 24.9. The Morgan fingerprint density at radius 2 is 1.41 bits per heavy atom. The van der Waals surface area contributed by atoms with Gasteiger partial charge in [0.25, 0.3) is 0 Å². The van der Waals surface area contributed by atoms with E-state index in [2.05, 4.69) is 122 Å². The Morgan fingerprint density at radius 3 is 2.16 bits per heavy atom. The van der Waals surface area contributed by atoms with Crippen LogP contribution >= 0.6 is 13.5 Å².